The monoisotopic (exact) mass is 355 g/mol. The van der Waals surface area contributed by atoms with Crippen LogP contribution in [0.4, 0.5) is 0 Å². The molecule has 0 aliphatic carbocycles. The number of fused-ring (bicyclic) bond motifs is 2. The fraction of sp³-hybridized carbons (Fsp3) is 0.550. The molecule has 0 bridgehead atoms. The summed E-state index contributed by atoms with van der Waals surface area (Å²) in [5.41, 5.74) is 0.679. The van der Waals surface area contributed by atoms with Crippen molar-refractivity contribution >= 4 is 16.8 Å². The molecule has 2 aliphatic heterocycles. The van der Waals surface area contributed by atoms with Crippen LogP contribution in [0.1, 0.15) is 32.5 Å². The molecule has 0 spiro atoms. The summed E-state index contributed by atoms with van der Waals surface area (Å²) in [7, 11) is 0. The van der Waals surface area contributed by atoms with Gasteiger partial charge in [-0.2, -0.15) is 0 Å². The summed E-state index contributed by atoms with van der Waals surface area (Å²) in [5.74, 6) is 2.46. The van der Waals surface area contributed by atoms with Crippen LogP contribution in [-0.2, 0) is 17.8 Å². The first-order valence-corrected chi connectivity index (χ1v) is 9.45. The second kappa shape index (κ2) is 6.74. The van der Waals surface area contributed by atoms with Crippen LogP contribution in [0, 0.1) is 11.8 Å². The molecule has 138 valence electrons. The minimum Gasteiger partial charge on any atom is -0.484 e. The zero-order valence-electron chi connectivity index (χ0n) is 15.4. The van der Waals surface area contributed by atoms with E-state index in [1.54, 1.807) is 22.8 Å². The van der Waals surface area contributed by atoms with Crippen molar-refractivity contribution in [1.82, 2.24) is 14.5 Å². The molecule has 3 heterocycles. The molecule has 1 amide bonds. The number of nitrogens with zero attached hydrogens (tertiary/aromatic N) is 3. The number of aromatic nitrogens is 2. The van der Waals surface area contributed by atoms with Crippen molar-refractivity contribution < 1.29 is 9.53 Å². The van der Waals surface area contributed by atoms with E-state index in [-0.39, 0.29) is 18.1 Å². The third kappa shape index (κ3) is 3.20. The van der Waals surface area contributed by atoms with Gasteiger partial charge in [-0.15, -0.1) is 0 Å². The molecule has 6 nitrogen and oxygen atoms in total. The van der Waals surface area contributed by atoms with Crippen LogP contribution in [0.25, 0.3) is 10.9 Å². The minimum absolute atomic E-state index is 0.00461. The lowest BCUT2D eigenvalue weighted by atomic mass is 9.92. The normalized spacial score (nSPS) is 22.5. The van der Waals surface area contributed by atoms with Gasteiger partial charge in [0.2, 0.25) is 0 Å². The molecular weight excluding hydrogens is 330 g/mol. The van der Waals surface area contributed by atoms with Crippen molar-refractivity contribution in [1.29, 1.82) is 0 Å². The Bertz CT molecular complexity index is 895. The lowest BCUT2D eigenvalue weighted by molar-refractivity contribution is -0.136. The molecule has 0 unspecified atom stereocenters. The highest BCUT2D eigenvalue weighted by molar-refractivity contribution is 5.80. The summed E-state index contributed by atoms with van der Waals surface area (Å²) in [5, 5.41) is 0.556. The molecule has 1 saturated heterocycles. The maximum Gasteiger partial charge on any atom is 0.261 e. The summed E-state index contributed by atoms with van der Waals surface area (Å²) in [6, 6.07) is 5.31. The Kier molecular flexibility index (Phi) is 4.42. The van der Waals surface area contributed by atoms with E-state index in [0.29, 0.717) is 28.5 Å². The van der Waals surface area contributed by atoms with Crippen LogP contribution in [0.15, 0.2) is 23.0 Å². The largest absolute Gasteiger partial charge is 0.484 e. The van der Waals surface area contributed by atoms with Gasteiger partial charge < -0.3 is 9.64 Å². The number of rotatable bonds is 3. The summed E-state index contributed by atoms with van der Waals surface area (Å²) in [4.78, 5) is 31.6. The SMILES string of the molecule is C[C@H]1C[C@H](C)CN(C(=O)COc2ccc3nc4n(c(=O)c3c2)CCC4)C1. The van der Waals surface area contributed by atoms with E-state index >= 15 is 0 Å². The van der Waals surface area contributed by atoms with Gasteiger partial charge in [-0.25, -0.2) is 4.98 Å². The Morgan fingerprint density at radius 2 is 2.04 bits per heavy atom. The second-order valence-corrected chi connectivity index (χ2v) is 7.80. The smallest absolute Gasteiger partial charge is 0.261 e. The van der Waals surface area contributed by atoms with E-state index in [2.05, 4.69) is 18.8 Å². The van der Waals surface area contributed by atoms with Gasteiger partial charge in [0.15, 0.2) is 6.61 Å². The Balaban J connectivity index is 1.49. The van der Waals surface area contributed by atoms with Crippen LogP contribution in [0.3, 0.4) is 0 Å². The number of carbonyl (C=O) groups is 1. The van der Waals surface area contributed by atoms with E-state index in [9.17, 15) is 9.59 Å². The number of piperidine rings is 1. The topological polar surface area (TPSA) is 64.4 Å². The Morgan fingerprint density at radius 3 is 2.81 bits per heavy atom. The van der Waals surface area contributed by atoms with Crippen molar-refractivity contribution in [2.24, 2.45) is 11.8 Å². The van der Waals surface area contributed by atoms with Crippen molar-refractivity contribution in [2.75, 3.05) is 19.7 Å². The number of hydrogen-bond acceptors (Lipinski definition) is 4. The van der Waals surface area contributed by atoms with Crippen LogP contribution in [0.5, 0.6) is 5.75 Å². The summed E-state index contributed by atoms with van der Waals surface area (Å²) >= 11 is 0. The number of likely N-dealkylation sites (tertiary alicyclic amines) is 1. The van der Waals surface area contributed by atoms with Crippen LogP contribution in [-0.4, -0.2) is 40.1 Å². The van der Waals surface area contributed by atoms with E-state index in [4.69, 9.17) is 4.74 Å². The first kappa shape index (κ1) is 17.1. The maximum atomic E-state index is 12.6. The van der Waals surface area contributed by atoms with Gasteiger partial charge in [0.25, 0.3) is 11.5 Å². The molecule has 0 radical (unpaired) electrons. The van der Waals surface area contributed by atoms with E-state index in [1.807, 2.05) is 4.90 Å². The molecule has 6 heteroatoms. The molecule has 1 aromatic heterocycles. The van der Waals surface area contributed by atoms with E-state index in [0.717, 1.165) is 44.7 Å². The first-order chi connectivity index (χ1) is 12.5. The van der Waals surface area contributed by atoms with Gasteiger partial charge >= 0.3 is 0 Å². The number of carbonyl (C=O) groups excluding carboxylic acids is 1. The van der Waals surface area contributed by atoms with Crippen molar-refractivity contribution in [3.8, 4) is 5.75 Å². The van der Waals surface area contributed by atoms with Crippen LogP contribution >= 0.6 is 0 Å². The van der Waals surface area contributed by atoms with E-state index in [1.165, 1.54) is 0 Å². The average molecular weight is 355 g/mol. The average Bonchev–Trinajstić information content (AvgIpc) is 3.08. The highest BCUT2D eigenvalue weighted by Crippen LogP contribution is 2.22. The van der Waals surface area contributed by atoms with Gasteiger partial charge in [0.05, 0.1) is 10.9 Å². The molecule has 2 aliphatic rings. The molecule has 0 saturated carbocycles. The zero-order valence-corrected chi connectivity index (χ0v) is 15.4. The number of amides is 1. The quantitative estimate of drug-likeness (QED) is 0.847. The summed E-state index contributed by atoms with van der Waals surface area (Å²) < 4.78 is 7.45. The fourth-order valence-corrected chi connectivity index (χ4v) is 4.26. The number of hydrogen-bond donors (Lipinski definition) is 0. The zero-order chi connectivity index (χ0) is 18.3. The number of aryl methyl sites for hydroxylation is 1. The molecule has 26 heavy (non-hydrogen) atoms. The van der Waals surface area contributed by atoms with Gasteiger partial charge in [-0.1, -0.05) is 13.8 Å². The lowest BCUT2D eigenvalue weighted by Gasteiger charge is -2.34. The third-order valence-corrected chi connectivity index (χ3v) is 5.37. The molecular formula is C20H25N3O3. The van der Waals surface area contributed by atoms with Gasteiger partial charge in [-0.3, -0.25) is 14.2 Å². The van der Waals surface area contributed by atoms with Gasteiger partial charge in [-0.05, 0) is 42.9 Å². The lowest BCUT2D eigenvalue weighted by Crippen LogP contribution is -2.44. The number of benzene rings is 1. The molecule has 2 aromatic rings. The standard InChI is InChI=1S/C20H25N3O3/c1-13-8-14(2)11-22(10-13)19(24)12-26-15-5-6-17-16(9-15)20(25)23-7-3-4-18(23)21-17/h5-6,9,13-14H,3-4,7-8,10-12H2,1-2H3/t13-,14-/m0/s1. The Hall–Kier alpha value is -2.37. The Morgan fingerprint density at radius 1 is 1.27 bits per heavy atom. The van der Waals surface area contributed by atoms with Gasteiger partial charge in [0, 0.05) is 26.1 Å². The fourth-order valence-electron chi connectivity index (χ4n) is 4.26. The first-order valence-electron chi connectivity index (χ1n) is 9.45. The van der Waals surface area contributed by atoms with Crippen molar-refractivity contribution in [3.63, 3.8) is 0 Å². The molecule has 0 N–H and O–H groups in total. The van der Waals surface area contributed by atoms with Crippen LogP contribution < -0.4 is 10.3 Å². The van der Waals surface area contributed by atoms with Crippen LogP contribution in [0.2, 0.25) is 0 Å². The highest BCUT2D eigenvalue weighted by atomic mass is 16.5. The predicted molar refractivity (Wildman–Crippen MR) is 99.3 cm³/mol. The predicted octanol–water partition coefficient (Wildman–Crippen LogP) is 2.23. The summed E-state index contributed by atoms with van der Waals surface area (Å²) in [6.07, 6.45) is 2.98. The molecule has 2 atom stereocenters. The number of ether oxygens (including phenoxy) is 1. The van der Waals surface area contributed by atoms with Gasteiger partial charge in [0.1, 0.15) is 11.6 Å². The second-order valence-electron chi connectivity index (χ2n) is 7.80. The minimum atomic E-state index is -0.0158. The third-order valence-electron chi connectivity index (χ3n) is 5.37. The molecule has 1 fully saturated rings. The maximum absolute atomic E-state index is 12.6. The van der Waals surface area contributed by atoms with Crippen molar-refractivity contribution in [3.05, 3.63) is 34.4 Å². The highest BCUT2D eigenvalue weighted by Gasteiger charge is 2.25. The Labute approximate surface area is 152 Å². The molecule has 1 aromatic carbocycles. The molecule has 4 rings (SSSR count). The summed E-state index contributed by atoms with van der Waals surface area (Å²) in [6.45, 7) is 6.68. The van der Waals surface area contributed by atoms with Crippen molar-refractivity contribution in [2.45, 2.75) is 39.7 Å². The van der Waals surface area contributed by atoms with E-state index < -0.39 is 0 Å².